The minimum absolute atomic E-state index is 0.123. The second-order valence-electron chi connectivity index (χ2n) is 5.95. The second-order valence-corrected chi connectivity index (χ2v) is 5.95. The summed E-state index contributed by atoms with van der Waals surface area (Å²) in [4.78, 5) is 12.3. The van der Waals surface area contributed by atoms with Crippen molar-refractivity contribution in [2.75, 3.05) is 6.61 Å². The lowest BCUT2D eigenvalue weighted by Crippen LogP contribution is -2.05. The summed E-state index contributed by atoms with van der Waals surface area (Å²) < 4.78 is 11.5. The summed E-state index contributed by atoms with van der Waals surface area (Å²) in [6.07, 6.45) is 4.29. The lowest BCUT2D eigenvalue weighted by molar-refractivity contribution is 0.104. The number of allylic oxidation sites excluding steroid dienone is 1. The standard InChI is InChI=1S/C21H19NO3/c1-3-24-20-12-18-10-14(2)25-21(18)11-17(20)8-9-19(23)16-6-4-15(13-22)5-7-16/h4-9,11-12,14H,3,10H2,1-2H3. The molecular formula is C21H19NO3. The molecule has 0 radical (unpaired) electrons. The molecule has 0 spiro atoms. The maximum absolute atomic E-state index is 12.3. The Balaban J connectivity index is 1.85. The van der Waals surface area contributed by atoms with Gasteiger partial charge in [-0.3, -0.25) is 4.79 Å². The highest BCUT2D eigenvalue weighted by Gasteiger charge is 2.21. The largest absolute Gasteiger partial charge is 0.493 e. The number of fused-ring (bicyclic) bond motifs is 1. The van der Waals surface area contributed by atoms with Crippen LogP contribution in [0.25, 0.3) is 6.08 Å². The van der Waals surface area contributed by atoms with Gasteiger partial charge in [0.1, 0.15) is 17.6 Å². The van der Waals surface area contributed by atoms with Crippen molar-refractivity contribution in [2.45, 2.75) is 26.4 Å². The second kappa shape index (κ2) is 7.23. The monoisotopic (exact) mass is 333 g/mol. The number of ether oxygens (including phenoxy) is 2. The van der Waals surface area contributed by atoms with Gasteiger partial charge in [0.05, 0.1) is 18.2 Å². The molecule has 1 unspecified atom stereocenters. The molecule has 0 aliphatic carbocycles. The number of carbonyl (C=O) groups excluding carboxylic acids is 1. The highest BCUT2D eigenvalue weighted by atomic mass is 16.5. The lowest BCUT2D eigenvalue weighted by atomic mass is 10.0. The Morgan fingerprint density at radius 3 is 2.80 bits per heavy atom. The molecule has 0 saturated heterocycles. The van der Waals surface area contributed by atoms with Gasteiger partial charge >= 0.3 is 0 Å². The van der Waals surface area contributed by atoms with Crippen molar-refractivity contribution in [3.8, 4) is 17.6 Å². The van der Waals surface area contributed by atoms with E-state index in [0.717, 1.165) is 29.0 Å². The van der Waals surface area contributed by atoms with E-state index in [2.05, 4.69) is 0 Å². The van der Waals surface area contributed by atoms with Crippen molar-refractivity contribution in [3.63, 3.8) is 0 Å². The Kier molecular flexibility index (Phi) is 4.85. The van der Waals surface area contributed by atoms with E-state index in [1.54, 1.807) is 30.3 Å². The van der Waals surface area contributed by atoms with Crippen LogP contribution < -0.4 is 9.47 Å². The first-order chi connectivity index (χ1) is 12.1. The highest BCUT2D eigenvalue weighted by molar-refractivity contribution is 6.07. The molecule has 0 aromatic heterocycles. The van der Waals surface area contributed by atoms with E-state index >= 15 is 0 Å². The van der Waals surface area contributed by atoms with Crippen LogP contribution in [0.3, 0.4) is 0 Å². The van der Waals surface area contributed by atoms with Crippen molar-refractivity contribution >= 4 is 11.9 Å². The van der Waals surface area contributed by atoms with Crippen LogP contribution in [0.2, 0.25) is 0 Å². The van der Waals surface area contributed by atoms with Gasteiger partial charge < -0.3 is 9.47 Å². The van der Waals surface area contributed by atoms with Crippen LogP contribution in [0, 0.1) is 11.3 Å². The summed E-state index contributed by atoms with van der Waals surface area (Å²) in [5.41, 5.74) is 3.02. The predicted molar refractivity (Wildman–Crippen MR) is 95.9 cm³/mol. The van der Waals surface area contributed by atoms with Crippen molar-refractivity contribution < 1.29 is 14.3 Å². The van der Waals surface area contributed by atoms with Gasteiger partial charge in [0.15, 0.2) is 5.78 Å². The van der Waals surface area contributed by atoms with Gasteiger partial charge in [-0.2, -0.15) is 5.26 Å². The highest BCUT2D eigenvalue weighted by Crippen LogP contribution is 2.35. The average molecular weight is 333 g/mol. The van der Waals surface area contributed by atoms with E-state index in [1.165, 1.54) is 6.08 Å². The summed E-state index contributed by atoms with van der Waals surface area (Å²) in [5.74, 6) is 1.48. The van der Waals surface area contributed by atoms with Gasteiger partial charge in [-0.15, -0.1) is 0 Å². The van der Waals surface area contributed by atoms with Crippen LogP contribution in [0.1, 0.15) is 40.9 Å². The molecule has 1 heterocycles. The first-order valence-electron chi connectivity index (χ1n) is 8.29. The van der Waals surface area contributed by atoms with Gasteiger partial charge in [0.25, 0.3) is 0 Å². The topological polar surface area (TPSA) is 59.3 Å². The zero-order valence-corrected chi connectivity index (χ0v) is 14.3. The molecule has 126 valence electrons. The third-order valence-corrected chi connectivity index (χ3v) is 4.04. The van der Waals surface area contributed by atoms with Gasteiger partial charge in [-0.05, 0) is 62.4 Å². The Hall–Kier alpha value is -3.06. The van der Waals surface area contributed by atoms with E-state index in [0.29, 0.717) is 17.7 Å². The molecule has 3 rings (SSSR count). The summed E-state index contributed by atoms with van der Waals surface area (Å²) in [6, 6.07) is 12.5. The molecule has 2 aromatic carbocycles. The smallest absolute Gasteiger partial charge is 0.185 e. The lowest BCUT2D eigenvalue weighted by Gasteiger charge is -2.10. The van der Waals surface area contributed by atoms with Crippen molar-refractivity contribution in [3.05, 3.63) is 64.7 Å². The van der Waals surface area contributed by atoms with Gasteiger partial charge in [-0.25, -0.2) is 0 Å². The predicted octanol–water partition coefficient (Wildman–Crippen LogP) is 4.18. The fourth-order valence-electron chi connectivity index (χ4n) is 2.84. The van der Waals surface area contributed by atoms with Crippen LogP contribution in [-0.2, 0) is 6.42 Å². The number of nitrogens with zero attached hydrogens (tertiary/aromatic N) is 1. The summed E-state index contributed by atoms with van der Waals surface area (Å²) in [5, 5.41) is 8.82. The molecule has 1 aliphatic heterocycles. The van der Waals surface area contributed by atoms with Crippen LogP contribution in [-0.4, -0.2) is 18.5 Å². The number of benzene rings is 2. The Bertz CT molecular complexity index is 860. The molecular weight excluding hydrogens is 314 g/mol. The molecule has 0 amide bonds. The minimum Gasteiger partial charge on any atom is -0.493 e. The maximum atomic E-state index is 12.3. The Labute approximate surface area is 147 Å². The number of rotatable bonds is 5. The van der Waals surface area contributed by atoms with Gasteiger partial charge in [0, 0.05) is 23.1 Å². The number of nitriles is 1. The van der Waals surface area contributed by atoms with Crippen LogP contribution in [0.4, 0.5) is 0 Å². The third-order valence-electron chi connectivity index (χ3n) is 4.04. The first kappa shape index (κ1) is 16.8. The van der Waals surface area contributed by atoms with E-state index in [1.807, 2.05) is 32.0 Å². The van der Waals surface area contributed by atoms with E-state index in [4.69, 9.17) is 14.7 Å². The molecule has 1 aliphatic rings. The molecule has 25 heavy (non-hydrogen) atoms. The summed E-state index contributed by atoms with van der Waals surface area (Å²) in [6.45, 7) is 4.52. The molecule has 4 heteroatoms. The molecule has 2 aromatic rings. The molecule has 0 N–H and O–H groups in total. The number of hydrogen-bond acceptors (Lipinski definition) is 4. The van der Waals surface area contributed by atoms with Gasteiger partial charge in [0.2, 0.25) is 0 Å². The zero-order chi connectivity index (χ0) is 17.8. The van der Waals surface area contributed by atoms with Crippen molar-refractivity contribution in [1.82, 2.24) is 0 Å². The fraction of sp³-hybridized carbons (Fsp3) is 0.238. The van der Waals surface area contributed by atoms with Crippen LogP contribution >= 0.6 is 0 Å². The number of hydrogen-bond donors (Lipinski definition) is 0. The SMILES string of the molecule is CCOc1cc2c(cc1C=CC(=O)c1ccc(C#N)cc1)OC(C)C2. The van der Waals surface area contributed by atoms with Crippen LogP contribution in [0.15, 0.2) is 42.5 Å². The van der Waals surface area contributed by atoms with Crippen molar-refractivity contribution in [1.29, 1.82) is 5.26 Å². The molecule has 4 nitrogen and oxygen atoms in total. The molecule has 0 bridgehead atoms. The van der Waals surface area contributed by atoms with E-state index < -0.39 is 0 Å². The minimum atomic E-state index is -0.123. The zero-order valence-electron chi connectivity index (χ0n) is 14.3. The molecule has 1 atom stereocenters. The summed E-state index contributed by atoms with van der Waals surface area (Å²) >= 11 is 0. The molecule has 0 saturated carbocycles. The number of carbonyl (C=O) groups is 1. The van der Waals surface area contributed by atoms with Crippen LogP contribution in [0.5, 0.6) is 11.5 Å². The van der Waals surface area contributed by atoms with E-state index in [9.17, 15) is 4.79 Å². The Morgan fingerprint density at radius 1 is 1.36 bits per heavy atom. The summed E-state index contributed by atoms with van der Waals surface area (Å²) in [7, 11) is 0. The fourth-order valence-corrected chi connectivity index (χ4v) is 2.84. The quantitative estimate of drug-likeness (QED) is 0.608. The number of ketones is 1. The third kappa shape index (κ3) is 3.72. The van der Waals surface area contributed by atoms with E-state index in [-0.39, 0.29) is 11.9 Å². The average Bonchev–Trinajstić information content (AvgIpc) is 2.98. The Morgan fingerprint density at radius 2 is 2.12 bits per heavy atom. The first-order valence-corrected chi connectivity index (χ1v) is 8.29. The van der Waals surface area contributed by atoms with Gasteiger partial charge in [-0.1, -0.05) is 0 Å². The van der Waals surface area contributed by atoms with Crippen molar-refractivity contribution in [2.24, 2.45) is 0 Å². The maximum Gasteiger partial charge on any atom is 0.185 e. The molecule has 0 fully saturated rings. The normalized spacial score (nSPS) is 15.5.